The minimum absolute atomic E-state index is 0.161. The van der Waals surface area contributed by atoms with Gasteiger partial charge < -0.3 is 11.1 Å². The first-order valence-electron chi connectivity index (χ1n) is 5.15. The van der Waals surface area contributed by atoms with Crippen LogP contribution in [0.4, 0.5) is 11.5 Å². The van der Waals surface area contributed by atoms with Gasteiger partial charge in [0.15, 0.2) is 0 Å². The van der Waals surface area contributed by atoms with Gasteiger partial charge in [0.05, 0.1) is 26.3 Å². The van der Waals surface area contributed by atoms with E-state index in [-0.39, 0.29) is 16.4 Å². The molecule has 3 N–H and O–H groups in total. The summed E-state index contributed by atoms with van der Waals surface area (Å²) in [5.74, 6) is -0.265. The molecule has 19 heavy (non-hydrogen) atoms. The molecule has 0 atom stereocenters. The molecular formula is C12H8Cl3N3O. The third-order valence-electron chi connectivity index (χ3n) is 2.33. The number of hydrogen-bond acceptors (Lipinski definition) is 3. The lowest BCUT2D eigenvalue weighted by Gasteiger charge is -2.09. The van der Waals surface area contributed by atoms with E-state index < -0.39 is 5.91 Å². The zero-order valence-electron chi connectivity index (χ0n) is 9.45. The average Bonchev–Trinajstić information content (AvgIpc) is 2.37. The molecule has 0 unspecified atom stereocenters. The number of rotatable bonds is 2. The van der Waals surface area contributed by atoms with Crippen molar-refractivity contribution in [2.75, 3.05) is 11.1 Å². The predicted octanol–water partition coefficient (Wildman–Crippen LogP) is 3.88. The van der Waals surface area contributed by atoms with Crippen molar-refractivity contribution in [1.82, 2.24) is 4.98 Å². The van der Waals surface area contributed by atoms with Crippen LogP contribution in [0.3, 0.4) is 0 Å². The Kier molecular flexibility index (Phi) is 4.14. The highest BCUT2D eigenvalue weighted by atomic mass is 35.5. The number of nitrogens with zero attached hydrogens (tertiary/aromatic N) is 1. The van der Waals surface area contributed by atoms with Crippen LogP contribution in [-0.2, 0) is 0 Å². The number of amides is 1. The van der Waals surface area contributed by atoms with Gasteiger partial charge in [0.1, 0.15) is 5.82 Å². The summed E-state index contributed by atoms with van der Waals surface area (Å²) in [6.45, 7) is 0. The van der Waals surface area contributed by atoms with Gasteiger partial charge in [-0.1, -0.05) is 40.9 Å². The fraction of sp³-hybridized carbons (Fsp3) is 0. The molecule has 0 aliphatic heterocycles. The molecule has 98 valence electrons. The van der Waals surface area contributed by atoms with Gasteiger partial charge in [-0.05, 0) is 18.2 Å². The number of benzene rings is 1. The van der Waals surface area contributed by atoms with Crippen molar-refractivity contribution in [3.8, 4) is 0 Å². The largest absolute Gasteiger partial charge is 0.382 e. The molecule has 2 aromatic rings. The van der Waals surface area contributed by atoms with Gasteiger partial charge >= 0.3 is 0 Å². The molecule has 1 heterocycles. The first kappa shape index (κ1) is 13.9. The smallest absolute Gasteiger partial charge is 0.257 e. The molecule has 0 aliphatic rings. The van der Waals surface area contributed by atoms with Crippen LogP contribution in [-0.4, -0.2) is 10.9 Å². The molecule has 1 aromatic carbocycles. The number of carbonyl (C=O) groups excluding carboxylic acids is 1. The van der Waals surface area contributed by atoms with Crippen LogP contribution in [0, 0.1) is 0 Å². The van der Waals surface area contributed by atoms with E-state index in [1.807, 2.05) is 0 Å². The number of nitrogens with one attached hydrogen (secondary N) is 1. The Morgan fingerprint density at radius 3 is 2.37 bits per heavy atom. The average molecular weight is 317 g/mol. The molecule has 0 fully saturated rings. The molecule has 2 rings (SSSR count). The number of nitrogen functional groups attached to an aromatic ring is 1. The zero-order chi connectivity index (χ0) is 14.0. The van der Waals surface area contributed by atoms with E-state index in [0.29, 0.717) is 15.7 Å². The van der Waals surface area contributed by atoms with Crippen molar-refractivity contribution in [3.63, 3.8) is 0 Å². The number of aromatic nitrogens is 1. The van der Waals surface area contributed by atoms with E-state index in [2.05, 4.69) is 10.3 Å². The highest BCUT2D eigenvalue weighted by Crippen LogP contribution is 2.30. The number of halogens is 3. The number of nitrogens with two attached hydrogens (primary N) is 1. The van der Waals surface area contributed by atoms with Gasteiger partial charge in [0.25, 0.3) is 5.91 Å². The summed E-state index contributed by atoms with van der Waals surface area (Å²) >= 11 is 17.7. The zero-order valence-corrected chi connectivity index (χ0v) is 11.7. The summed E-state index contributed by atoms with van der Waals surface area (Å²) in [7, 11) is 0. The van der Waals surface area contributed by atoms with Crippen molar-refractivity contribution < 1.29 is 4.79 Å². The number of hydrogen-bond donors (Lipinski definition) is 2. The maximum atomic E-state index is 12.0. The fourth-order valence-corrected chi connectivity index (χ4v) is 2.03. The summed E-state index contributed by atoms with van der Waals surface area (Å²) in [5, 5.41) is 3.49. The molecule has 7 heteroatoms. The summed E-state index contributed by atoms with van der Waals surface area (Å²) in [6.07, 6.45) is 1.32. The third kappa shape index (κ3) is 3.10. The van der Waals surface area contributed by atoms with Gasteiger partial charge in [-0.3, -0.25) is 4.79 Å². The van der Waals surface area contributed by atoms with Crippen molar-refractivity contribution in [3.05, 3.63) is 51.1 Å². The summed E-state index contributed by atoms with van der Waals surface area (Å²) in [4.78, 5) is 15.8. The van der Waals surface area contributed by atoms with Crippen LogP contribution in [0.1, 0.15) is 10.4 Å². The van der Waals surface area contributed by atoms with Crippen LogP contribution < -0.4 is 11.1 Å². The van der Waals surface area contributed by atoms with E-state index in [1.54, 1.807) is 18.2 Å². The number of pyridine rings is 1. The van der Waals surface area contributed by atoms with E-state index in [1.165, 1.54) is 12.3 Å². The molecule has 0 saturated carbocycles. The second-order valence-electron chi connectivity index (χ2n) is 3.64. The molecule has 0 aliphatic carbocycles. The SMILES string of the molecule is Nc1ncc(C(=O)Nc2c(Cl)cccc2Cl)cc1Cl. The Morgan fingerprint density at radius 2 is 1.79 bits per heavy atom. The highest BCUT2D eigenvalue weighted by molar-refractivity contribution is 6.40. The highest BCUT2D eigenvalue weighted by Gasteiger charge is 2.13. The van der Waals surface area contributed by atoms with Crippen LogP contribution in [0.15, 0.2) is 30.5 Å². The van der Waals surface area contributed by atoms with E-state index >= 15 is 0 Å². The molecule has 1 aromatic heterocycles. The van der Waals surface area contributed by atoms with E-state index in [9.17, 15) is 4.79 Å². The minimum Gasteiger partial charge on any atom is -0.382 e. The van der Waals surface area contributed by atoms with E-state index in [4.69, 9.17) is 40.5 Å². The van der Waals surface area contributed by atoms with Crippen molar-refractivity contribution >= 4 is 52.2 Å². The lowest BCUT2D eigenvalue weighted by Crippen LogP contribution is -2.13. The molecule has 0 saturated heterocycles. The van der Waals surface area contributed by atoms with Gasteiger partial charge in [0, 0.05) is 6.20 Å². The predicted molar refractivity (Wildman–Crippen MR) is 78.1 cm³/mol. The van der Waals surface area contributed by atoms with Crippen LogP contribution >= 0.6 is 34.8 Å². The quantitative estimate of drug-likeness (QED) is 0.883. The molecule has 1 amide bonds. The first-order valence-corrected chi connectivity index (χ1v) is 6.29. The molecule has 0 bridgehead atoms. The van der Waals surface area contributed by atoms with Gasteiger partial charge in [-0.2, -0.15) is 0 Å². The second kappa shape index (κ2) is 5.65. The van der Waals surface area contributed by atoms with Crippen molar-refractivity contribution in [2.45, 2.75) is 0 Å². The molecule has 4 nitrogen and oxygen atoms in total. The van der Waals surface area contributed by atoms with Crippen LogP contribution in [0.5, 0.6) is 0 Å². The maximum Gasteiger partial charge on any atom is 0.257 e. The van der Waals surface area contributed by atoms with Crippen molar-refractivity contribution in [2.24, 2.45) is 0 Å². The standard InChI is InChI=1S/C12H8Cl3N3O/c13-7-2-1-3-8(14)10(7)18-12(19)6-4-9(15)11(16)17-5-6/h1-5H,(H2,16,17)(H,18,19). The Balaban J connectivity index is 2.28. The fourth-order valence-electron chi connectivity index (χ4n) is 1.38. The number of anilines is 2. The van der Waals surface area contributed by atoms with Gasteiger partial charge in [0.2, 0.25) is 0 Å². The van der Waals surface area contributed by atoms with Crippen molar-refractivity contribution in [1.29, 1.82) is 0 Å². The topological polar surface area (TPSA) is 68.0 Å². The third-order valence-corrected chi connectivity index (χ3v) is 3.27. The van der Waals surface area contributed by atoms with Gasteiger partial charge in [-0.25, -0.2) is 4.98 Å². The maximum absolute atomic E-state index is 12.0. The molecule has 0 radical (unpaired) electrons. The Morgan fingerprint density at radius 1 is 1.16 bits per heavy atom. The Hall–Kier alpha value is -1.49. The summed E-state index contributed by atoms with van der Waals surface area (Å²) in [5.41, 5.74) is 6.07. The Bertz CT molecular complexity index is 626. The lowest BCUT2D eigenvalue weighted by atomic mass is 10.2. The minimum atomic E-state index is -0.426. The second-order valence-corrected chi connectivity index (χ2v) is 4.86. The summed E-state index contributed by atoms with van der Waals surface area (Å²) < 4.78 is 0. The molecular weight excluding hydrogens is 309 g/mol. The van der Waals surface area contributed by atoms with Crippen LogP contribution in [0.2, 0.25) is 15.1 Å². The monoisotopic (exact) mass is 315 g/mol. The Labute approximate surface area is 124 Å². The molecule has 0 spiro atoms. The van der Waals surface area contributed by atoms with E-state index in [0.717, 1.165) is 0 Å². The number of para-hydroxylation sites is 1. The van der Waals surface area contributed by atoms with Gasteiger partial charge in [-0.15, -0.1) is 0 Å². The number of carbonyl (C=O) groups is 1. The summed E-state index contributed by atoms with van der Waals surface area (Å²) in [6, 6.07) is 6.35. The normalized spacial score (nSPS) is 10.3. The lowest BCUT2D eigenvalue weighted by molar-refractivity contribution is 0.102. The first-order chi connectivity index (χ1) is 8.99. The van der Waals surface area contributed by atoms with Crippen LogP contribution in [0.25, 0.3) is 0 Å².